The average molecular weight is 212 g/mol. The standard InChI is InChI=1S/C15H16O/c1-3-12-5-4-6-13(10-12)14-9-11(2)7-8-15(14)16/h4-10,16H,3H2,1-2H3. The van der Waals surface area contributed by atoms with E-state index in [1.54, 1.807) is 6.07 Å². The van der Waals surface area contributed by atoms with Crippen molar-refractivity contribution in [2.75, 3.05) is 0 Å². The normalized spacial score (nSPS) is 10.4. The third-order valence-electron chi connectivity index (χ3n) is 2.80. The molecule has 0 spiro atoms. The Balaban J connectivity index is 2.53. The smallest absolute Gasteiger partial charge is 0.123 e. The molecular formula is C15H16O. The van der Waals surface area contributed by atoms with E-state index in [2.05, 4.69) is 19.1 Å². The van der Waals surface area contributed by atoms with Crippen molar-refractivity contribution >= 4 is 0 Å². The summed E-state index contributed by atoms with van der Waals surface area (Å²) in [4.78, 5) is 0. The van der Waals surface area contributed by atoms with E-state index in [0.717, 1.165) is 23.1 Å². The van der Waals surface area contributed by atoms with Gasteiger partial charge in [-0.3, -0.25) is 0 Å². The van der Waals surface area contributed by atoms with Gasteiger partial charge < -0.3 is 5.11 Å². The summed E-state index contributed by atoms with van der Waals surface area (Å²) < 4.78 is 0. The van der Waals surface area contributed by atoms with Crippen molar-refractivity contribution in [3.05, 3.63) is 53.6 Å². The van der Waals surface area contributed by atoms with Gasteiger partial charge in [0.15, 0.2) is 0 Å². The number of phenols is 1. The van der Waals surface area contributed by atoms with E-state index < -0.39 is 0 Å². The Bertz CT molecular complexity index is 501. The third-order valence-corrected chi connectivity index (χ3v) is 2.80. The van der Waals surface area contributed by atoms with Crippen LogP contribution in [0.15, 0.2) is 42.5 Å². The number of hydrogen-bond donors (Lipinski definition) is 1. The number of aryl methyl sites for hydroxylation is 2. The zero-order valence-electron chi connectivity index (χ0n) is 9.70. The van der Waals surface area contributed by atoms with E-state index in [4.69, 9.17) is 0 Å². The lowest BCUT2D eigenvalue weighted by Gasteiger charge is -2.07. The fourth-order valence-electron chi connectivity index (χ4n) is 1.84. The SMILES string of the molecule is CCc1cccc(-c2cc(C)ccc2O)c1. The molecule has 16 heavy (non-hydrogen) atoms. The molecule has 0 radical (unpaired) electrons. The van der Waals surface area contributed by atoms with Gasteiger partial charge in [0, 0.05) is 5.56 Å². The van der Waals surface area contributed by atoms with Crippen LogP contribution in [0.5, 0.6) is 5.75 Å². The first-order valence-electron chi connectivity index (χ1n) is 5.59. The van der Waals surface area contributed by atoms with Crippen LogP contribution >= 0.6 is 0 Å². The van der Waals surface area contributed by atoms with E-state index in [9.17, 15) is 5.11 Å². The van der Waals surface area contributed by atoms with E-state index >= 15 is 0 Å². The summed E-state index contributed by atoms with van der Waals surface area (Å²) in [6.07, 6.45) is 1.01. The van der Waals surface area contributed by atoms with Crippen LogP contribution in [0.25, 0.3) is 11.1 Å². The second-order valence-corrected chi connectivity index (χ2v) is 4.07. The highest BCUT2D eigenvalue weighted by molar-refractivity contribution is 5.71. The molecule has 0 aliphatic carbocycles. The van der Waals surface area contributed by atoms with Crippen molar-refractivity contribution in [3.63, 3.8) is 0 Å². The van der Waals surface area contributed by atoms with Crippen molar-refractivity contribution in [3.8, 4) is 16.9 Å². The number of rotatable bonds is 2. The van der Waals surface area contributed by atoms with Crippen molar-refractivity contribution in [2.24, 2.45) is 0 Å². The minimum atomic E-state index is 0.346. The summed E-state index contributed by atoms with van der Waals surface area (Å²) >= 11 is 0. The van der Waals surface area contributed by atoms with Crippen molar-refractivity contribution in [2.45, 2.75) is 20.3 Å². The maximum Gasteiger partial charge on any atom is 0.123 e. The molecule has 0 amide bonds. The van der Waals surface area contributed by atoms with Crippen LogP contribution in [0.1, 0.15) is 18.1 Å². The first kappa shape index (κ1) is 10.7. The molecule has 2 aromatic carbocycles. The Morgan fingerprint density at radius 2 is 1.88 bits per heavy atom. The highest BCUT2D eigenvalue weighted by Crippen LogP contribution is 2.30. The van der Waals surface area contributed by atoms with Gasteiger partial charge in [-0.2, -0.15) is 0 Å². The molecule has 0 aliphatic rings. The number of phenolic OH excluding ortho intramolecular Hbond substituents is 1. The van der Waals surface area contributed by atoms with Crippen LogP contribution in [-0.4, -0.2) is 5.11 Å². The predicted octanol–water partition coefficient (Wildman–Crippen LogP) is 3.93. The van der Waals surface area contributed by atoms with Crippen LogP contribution in [0, 0.1) is 6.92 Å². The van der Waals surface area contributed by atoms with Gasteiger partial charge in [-0.1, -0.05) is 42.8 Å². The van der Waals surface area contributed by atoms with Crippen LogP contribution in [-0.2, 0) is 6.42 Å². The quantitative estimate of drug-likeness (QED) is 0.799. The summed E-state index contributed by atoms with van der Waals surface area (Å²) in [6.45, 7) is 4.17. The monoisotopic (exact) mass is 212 g/mol. The number of hydrogen-bond acceptors (Lipinski definition) is 1. The largest absolute Gasteiger partial charge is 0.507 e. The maximum atomic E-state index is 9.85. The Morgan fingerprint density at radius 1 is 1.06 bits per heavy atom. The Hall–Kier alpha value is -1.76. The predicted molar refractivity (Wildman–Crippen MR) is 67.7 cm³/mol. The molecule has 0 atom stereocenters. The summed E-state index contributed by atoms with van der Waals surface area (Å²) in [6, 6.07) is 14.0. The molecule has 2 rings (SSSR count). The van der Waals surface area contributed by atoms with Gasteiger partial charge in [0.05, 0.1) is 0 Å². The second kappa shape index (κ2) is 4.40. The fourth-order valence-corrected chi connectivity index (χ4v) is 1.84. The van der Waals surface area contributed by atoms with Gasteiger partial charge in [-0.15, -0.1) is 0 Å². The van der Waals surface area contributed by atoms with Crippen molar-refractivity contribution < 1.29 is 5.11 Å². The molecule has 0 unspecified atom stereocenters. The highest BCUT2D eigenvalue weighted by Gasteiger charge is 2.04. The molecule has 82 valence electrons. The molecule has 0 saturated carbocycles. The van der Waals surface area contributed by atoms with Crippen LogP contribution < -0.4 is 0 Å². The van der Waals surface area contributed by atoms with E-state index in [0.29, 0.717) is 5.75 Å². The molecular weight excluding hydrogens is 196 g/mol. The molecule has 0 heterocycles. The molecule has 1 N–H and O–H groups in total. The van der Waals surface area contributed by atoms with E-state index in [1.165, 1.54) is 5.56 Å². The first-order chi connectivity index (χ1) is 7.70. The highest BCUT2D eigenvalue weighted by atomic mass is 16.3. The van der Waals surface area contributed by atoms with Gasteiger partial charge in [-0.05, 0) is 36.6 Å². The lowest BCUT2D eigenvalue weighted by atomic mass is 10.00. The molecule has 2 aromatic rings. The van der Waals surface area contributed by atoms with Crippen LogP contribution in [0.4, 0.5) is 0 Å². The zero-order chi connectivity index (χ0) is 11.5. The summed E-state index contributed by atoms with van der Waals surface area (Å²) in [5, 5.41) is 9.85. The van der Waals surface area contributed by atoms with Crippen LogP contribution in [0.2, 0.25) is 0 Å². The van der Waals surface area contributed by atoms with Crippen molar-refractivity contribution in [1.29, 1.82) is 0 Å². The zero-order valence-corrected chi connectivity index (χ0v) is 9.70. The molecule has 0 bridgehead atoms. The van der Waals surface area contributed by atoms with Gasteiger partial charge >= 0.3 is 0 Å². The Morgan fingerprint density at radius 3 is 2.62 bits per heavy atom. The third kappa shape index (κ3) is 2.08. The molecule has 1 heteroatoms. The maximum absolute atomic E-state index is 9.85. The summed E-state index contributed by atoms with van der Waals surface area (Å²) in [7, 11) is 0. The molecule has 0 aromatic heterocycles. The summed E-state index contributed by atoms with van der Waals surface area (Å²) in [5.41, 5.74) is 4.45. The molecule has 0 aliphatic heterocycles. The number of benzene rings is 2. The van der Waals surface area contributed by atoms with E-state index in [1.807, 2.05) is 31.2 Å². The van der Waals surface area contributed by atoms with Gasteiger partial charge in [0.2, 0.25) is 0 Å². The fraction of sp³-hybridized carbons (Fsp3) is 0.200. The van der Waals surface area contributed by atoms with Crippen LogP contribution in [0.3, 0.4) is 0 Å². The van der Waals surface area contributed by atoms with E-state index in [-0.39, 0.29) is 0 Å². The minimum Gasteiger partial charge on any atom is -0.507 e. The number of aromatic hydroxyl groups is 1. The Kier molecular flexibility index (Phi) is 2.95. The van der Waals surface area contributed by atoms with Gasteiger partial charge in [0.25, 0.3) is 0 Å². The van der Waals surface area contributed by atoms with Gasteiger partial charge in [-0.25, -0.2) is 0 Å². The second-order valence-electron chi connectivity index (χ2n) is 4.07. The molecule has 0 fully saturated rings. The summed E-state index contributed by atoms with van der Waals surface area (Å²) in [5.74, 6) is 0.346. The first-order valence-corrected chi connectivity index (χ1v) is 5.59. The average Bonchev–Trinajstić information content (AvgIpc) is 2.32. The van der Waals surface area contributed by atoms with Crippen molar-refractivity contribution in [1.82, 2.24) is 0 Å². The topological polar surface area (TPSA) is 20.2 Å². The molecule has 0 saturated heterocycles. The minimum absolute atomic E-state index is 0.346. The van der Waals surface area contributed by atoms with Gasteiger partial charge in [0.1, 0.15) is 5.75 Å². The lowest BCUT2D eigenvalue weighted by molar-refractivity contribution is 0.477. The Labute approximate surface area is 96.4 Å². The molecule has 1 nitrogen and oxygen atoms in total. The lowest BCUT2D eigenvalue weighted by Crippen LogP contribution is -1.84.